The number of piperazine rings is 1. The molecule has 0 aromatic heterocycles. The number of sulfone groups is 1. The Hall–Kier alpha value is -1.45. The molecule has 0 N–H and O–H groups in total. The van der Waals surface area contributed by atoms with Gasteiger partial charge in [0.1, 0.15) is 0 Å². The van der Waals surface area contributed by atoms with Gasteiger partial charge < -0.3 is 4.90 Å². The molecule has 0 unspecified atom stereocenters. The first-order chi connectivity index (χ1) is 12.1. The zero-order chi connectivity index (χ0) is 19.1. The lowest BCUT2D eigenvalue weighted by molar-refractivity contribution is -0.135. The molecule has 2 heterocycles. The Kier molecular flexibility index (Phi) is 5.15. The number of hydrogen-bond acceptors (Lipinski definition) is 5. The number of amides is 1. The molecule has 0 bridgehead atoms. The van der Waals surface area contributed by atoms with Crippen molar-refractivity contribution in [1.82, 2.24) is 9.21 Å². The van der Waals surface area contributed by atoms with Crippen LogP contribution in [-0.4, -0.2) is 69.6 Å². The smallest absolute Gasteiger partial charge is 0.243 e. The third-order valence-electron chi connectivity index (χ3n) is 5.08. The highest BCUT2D eigenvalue weighted by atomic mass is 32.2. The summed E-state index contributed by atoms with van der Waals surface area (Å²) in [7, 11) is -6.71. The fourth-order valence-corrected chi connectivity index (χ4v) is 6.99. The van der Waals surface area contributed by atoms with Crippen LogP contribution in [0.2, 0.25) is 0 Å². The number of carbonyl (C=O) groups excluding carboxylic acids is 1. The van der Waals surface area contributed by atoms with Crippen molar-refractivity contribution in [2.24, 2.45) is 5.92 Å². The van der Waals surface area contributed by atoms with E-state index in [1.54, 1.807) is 24.0 Å². The molecular weight excluding hydrogens is 376 g/mol. The molecule has 0 saturated carbocycles. The second-order valence-electron chi connectivity index (χ2n) is 7.10. The summed E-state index contributed by atoms with van der Waals surface area (Å²) in [4.78, 5) is 14.4. The van der Waals surface area contributed by atoms with E-state index in [4.69, 9.17) is 0 Å². The Balaban J connectivity index is 1.67. The minimum absolute atomic E-state index is 0.0600. The van der Waals surface area contributed by atoms with Gasteiger partial charge in [-0.25, -0.2) is 16.8 Å². The van der Waals surface area contributed by atoms with Crippen LogP contribution in [-0.2, 0) is 24.7 Å². The van der Waals surface area contributed by atoms with E-state index in [9.17, 15) is 21.6 Å². The number of nitrogens with zero attached hydrogens (tertiary/aromatic N) is 2. The molecule has 3 rings (SSSR count). The van der Waals surface area contributed by atoms with Gasteiger partial charge in [-0.15, -0.1) is 0 Å². The molecule has 9 heteroatoms. The largest absolute Gasteiger partial charge is 0.340 e. The summed E-state index contributed by atoms with van der Waals surface area (Å²) >= 11 is 0. The van der Waals surface area contributed by atoms with Gasteiger partial charge in [0.15, 0.2) is 9.84 Å². The average Bonchev–Trinajstić information content (AvgIpc) is 2.94. The normalized spacial score (nSPS) is 23.9. The van der Waals surface area contributed by atoms with Crippen LogP contribution in [0.4, 0.5) is 0 Å². The van der Waals surface area contributed by atoms with Gasteiger partial charge in [-0.1, -0.05) is 17.7 Å². The number of sulfonamides is 1. The third-order valence-corrected chi connectivity index (χ3v) is 8.91. The predicted molar refractivity (Wildman–Crippen MR) is 98.0 cm³/mol. The molecule has 1 atom stereocenters. The van der Waals surface area contributed by atoms with Crippen molar-refractivity contribution >= 4 is 25.8 Å². The van der Waals surface area contributed by atoms with Gasteiger partial charge in [0, 0.05) is 26.2 Å². The number of benzene rings is 1. The van der Waals surface area contributed by atoms with Crippen LogP contribution in [0.15, 0.2) is 23.1 Å². The zero-order valence-corrected chi connectivity index (χ0v) is 16.6. The Bertz CT molecular complexity index is 916. The zero-order valence-electron chi connectivity index (χ0n) is 15.0. The molecule has 0 radical (unpaired) electrons. The summed E-state index contributed by atoms with van der Waals surface area (Å²) in [6.45, 7) is 4.72. The van der Waals surface area contributed by atoms with Crippen LogP contribution in [0.25, 0.3) is 0 Å². The van der Waals surface area contributed by atoms with Crippen molar-refractivity contribution < 1.29 is 21.6 Å². The minimum atomic E-state index is -3.60. The Morgan fingerprint density at radius 2 is 1.77 bits per heavy atom. The van der Waals surface area contributed by atoms with Gasteiger partial charge in [-0.3, -0.25) is 4.79 Å². The lowest BCUT2D eigenvalue weighted by atomic mass is 10.1. The summed E-state index contributed by atoms with van der Waals surface area (Å²) in [5.74, 6) is -0.686. The standard InChI is InChI=1S/C17H24N2O5S2/c1-13-3-4-16(14(2)11-13)26(23,24)19-8-6-18(7-9-19)17(20)15-5-10-25(21,22)12-15/h3-4,11,15H,5-10,12H2,1-2H3/t15-/m0/s1. The third kappa shape index (κ3) is 3.79. The highest BCUT2D eigenvalue weighted by molar-refractivity contribution is 7.91. The number of rotatable bonds is 3. The van der Waals surface area contributed by atoms with E-state index < -0.39 is 25.8 Å². The van der Waals surface area contributed by atoms with Crippen LogP contribution < -0.4 is 0 Å². The maximum absolute atomic E-state index is 12.9. The second kappa shape index (κ2) is 6.94. The van der Waals surface area contributed by atoms with Crippen LogP contribution in [0.5, 0.6) is 0 Å². The van der Waals surface area contributed by atoms with E-state index in [1.807, 2.05) is 13.0 Å². The maximum Gasteiger partial charge on any atom is 0.243 e. The van der Waals surface area contributed by atoms with E-state index in [0.29, 0.717) is 30.0 Å². The van der Waals surface area contributed by atoms with Crippen molar-refractivity contribution in [2.45, 2.75) is 25.2 Å². The predicted octanol–water partition coefficient (Wildman–Crippen LogP) is 0.571. The quantitative estimate of drug-likeness (QED) is 0.740. The van der Waals surface area contributed by atoms with Crippen molar-refractivity contribution in [2.75, 3.05) is 37.7 Å². The molecule has 2 aliphatic heterocycles. The van der Waals surface area contributed by atoms with Crippen molar-refractivity contribution in [3.05, 3.63) is 29.3 Å². The lowest BCUT2D eigenvalue weighted by Gasteiger charge is -2.35. The number of aryl methyl sites for hydroxylation is 2. The molecule has 144 valence electrons. The first kappa shape index (κ1) is 19.3. The van der Waals surface area contributed by atoms with E-state index in [2.05, 4.69) is 0 Å². The van der Waals surface area contributed by atoms with E-state index >= 15 is 0 Å². The molecular formula is C17H24N2O5S2. The highest BCUT2D eigenvalue weighted by Crippen LogP contribution is 2.24. The lowest BCUT2D eigenvalue weighted by Crippen LogP contribution is -2.52. The molecule has 26 heavy (non-hydrogen) atoms. The summed E-state index contributed by atoms with van der Waals surface area (Å²) < 4.78 is 50.3. The Labute approximate surface area is 155 Å². The van der Waals surface area contributed by atoms with Crippen molar-refractivity contribution in [3.8, 4) is 0 Å². The molecule has 1 aromatic rings. The van der Waals surface area contributed by atoms with Gasteiger partial charge >= 0.3 is 0 Å². The van der Waals surface area contributed by atoms with Crippen molar-refractivity contribution in [3.63, 3.8) is 0 Å². The Morgan fingerprint density at radius 3 is 2.31 bits per heavy atom. The first-order valence-electron chi connectivity index (χ1n) is 8.67. The summed E-state index contributed by atoms with van der Waals surface area (Å²) in [6.07, 6.45) is 0.363. The number of hydrogen-bond donors (Lipinski definition) is 0. The average molecular weight is 401 g/mol. The van der Waals surface area contributed by atoms with Gasteiger partial charge in [0.2, 0.25) is 15.9 Å². The highest BCUT2D eigenvalue weighted by Gasteiger charge is 2.37. The first-order valence-corrected chi connectivity index (χ1v) is 11.9. The van der Waals surface area contributed by atoms with Crippen molar-refractivity contribution in [1.29, 1.82) is 0 Å². The van der Waals surface area contributed by atoms with Crippen LogP contribution in [0.3, 0.4) is 0 Å². The SMILES string of the molecule is Cc1ccc(S(=O)(=O)N2CCN(C(=O)[C@H]3CCS(=O)(=O)C3)CC2)c(C)c1. The van der Waals surface area contributed by atoms with Crippen LogP contribution in [0, 0.1) is 19.8 Å². The summed E-state index contributed by atoms with van der Waals surface area (Å²) in [6, 6.07) is 5.24. The molecule has 7 nitrogen and oxygen atoms in total. The fourth-order valence-electron chi connectivity index (χ4n) is 3.62. The molecule has 2 fully saturated rings. The van der Waals surface area contributed by atoms with E-state index in [-0.39, 0.29) is 30.5 Å². The summed E-state index contributed by atoms with van der Waals surface area (Å²) in [5, 5.41) is 0. The van der Waals surface area contributed by atoms with Gasteiger partial charge in [0.05, 0.1) is 22.3 Å². The maximum atomic E-state index is 12.9. The summed E-state index contributed by atoms with van der Waals surface area (Å²) in [5.41, 5.74) is 1.71. The van der Waals surface area contributed by atoms with E-state index in [1.165, 1.54) is 4.31 Å². The van der Waals surface area contributed by atoms with Crippen LogP contribution in [0.1, 0.15) is 17.5 Å². The topological polar surface area (TPSA) is 91.8 Å². The molecule has 1 amide bonds. The molecule has 0 aliphatic carbocycles. The number of carbonyl (C=O) groups is 1. The van der Waals surface area contributed by atoms with Gasteiger partial charge in [-0.2, -0.15) is 4.31 Å². The second-order valence-corrected chi connectivity index (χ2v) is 11.2. The molecule has 2 aliphatic rings. The van der Waals surface area contributed by atoms with Gasteiger partial charge in [-0.05, 0) is 31.9 Å². The molecule has 0 spiro atoms. The minimum Gasteiger partial charge on any atom is -0.340 e. The molecule has 1 aromatic carbocycles. The Morgan fingerprint density at radius 1 is 1.12 bits per heavy atom. The fraction of sp³-hybridized carbons (Fsp3) is 0.588. The van der Waals surface area contributed by atoms with E-state index in [0.717, 1.165) is 5.56 Å². The monoisotopic (exact) mass is 400 g/mol. The van der Waals surface area contributed by atoms with Crippen LogP contribution >= 0.6 is 0 Å². The van der Waals surface area contributed by atoms with Gasteiger partial charge in [0.25, 0.3) is 0 Å². The molecule has 2 saturated heterocycles.